The van der Waals surface area contributed by atoms with Crippen LogP contribution in [0.4, 0.5) is 0 Å². The molecule has 0 unspecified atom stereocenters. The van der Waals surface area contributed by atoms with Crippen LogP contribution in [0.3, 0.4) is 0 Å². The molecule has 1 amide bonds. The maximum absolute atomic E-state index is 11.7. The molecule has 3 nitrogen and oxygen atoms in total. The van der Waals surface area contributed by atoms with Gasteiger partial charge in [-0.2, -0.15) is 0 Å². The fourth-order valence-electron chi connectivity index (χ4n) is 0.993. The molecular weight excluding hydrogens is 256 g/mol. The van der Waals surface area contributed by atoms with Crippen molar-refractivity contribution < 1.29 is 4.79 Å². The van der Waals surface area contributed by atoms with Crippen molar-refractivity contribution in [3.05, 3.63) is 28.5 Å². The molecule has 0 aromatic carbocycles. The van der Waals surface area contributed by atoms with Crippen LogP contribution in [0.25, 0.3) is 0 Å². The van der Waals surface area contributed by atoms with E-state index in [0.717, 1.165) is 4.47 Å². The molecule has 1 aromatic rings. The topological polar surface area (TPSA) is 42.0 Å². The number of nitrogens with zero attached hydrogens (tertiary/aromatic N) is 1. The van der Waals surface area contributed by atoms with Crippen molar-refractivity contribution >= 4 is 21.8 Å². The molecule has 82 valence electrons. The lowest BCUT2D eigenvalue weighted by atomic mass is 10.1. The molecule has 0 aliphatic heterocycles. The molecule has 1 N–H and O–H groups in total. The highest BCUT2D eigenvalue weighted by atomic mass is 79.9. The number of aromatic nitrogens is 1. The first-order valence-electron chi connectivity index (χ1n) is 4.92. The highest BCUT2D eigenvalue weighted by Crippen LogP contribution is 2.10. The fraction of sp³-hybridized carbons (Fsp3) is 0.455. The molecule has 0 aliphatic carbocycles. The van der Waals surface area contributed by atoms with Gasteiger partial charge in [0, 0.05) is 22.9 Å². The summed E-state index contributed by atoms with van der Waals surface area (Å²) in [5.74, 6) is 0.346. The van der Waals surface area contributed by atoms with Crippen LogP contribution in [-0.4, -0.2) is 16.9 Å². The number of carbonyl (C=O) groups excluding carboxylic acids is 1. The summed E-state index contributed by atoms with van der Waals surface area (Å²) >= 11 is 3.28. The number of rotatable bonds is 3. The third kappa shape index (κ3) is 3.63. The maximum atomic E-state index is 11.7. The highest BCUT2D eigenvalue weighted by molar-refractivity contribution is 9.10. The van der Waals surface area contributed by atoms with Gasteiger partial charge in [-0.15, -0.1) is 0 Å². The van der Waals surface area contributed by atoms with Crippen LogP contribution in [0.2, 0.25) is 0 Å². The number of nitrogens with one attached hydrogen (secondary N) is 1. The van der Waals surface area contributed by atoms with Crippen LogP contribution in [0.5, 0.6) is 0 Å². The lowest BCUT2D eigenvalue weighted by Gasteiger charge is -2.17. The summed E-state index contributed by atoms with van der Waals surface area (Å²) in [6.45, 7) is 6.14. The van der Waals surface area contributed by atoms with Crippen molar-refractivity contribution in [3.8, 4) is 0 Å². The van der Waals surface area contributed by atoms with Crippen LogP contribution < -0.4 is 5.32 Å². The summed E-state index contributed by atoms with van der Waals surface area (Å²) in [6.07, 6.45) is 3.22. The molecule has 1 rings (SSSR count). The molecule has 0 bridgehead atoms. The SMILES string of the molecule is CC(C)[C@@H](C)NC(=O)c1cncc(Br)c1. The molecule has 0 spiro atoms. The Balaban J connectivity index is 2.69. The summed E-state index contributed by atoms with van der Waals surface area (Å²) in [5.41, 5.74) is 0.580. The Hall–Kier alpha value is -0.900. The van der Waals surface area contributed by atoms with Crippen LogP contribution in [-0.2, 0) is 0 Å². The quantitative estimate of drug-likeness (QED) is 0.918. The van der Waals surface area contributed by atoms with E-state index in [2.05, 4.69) is 40.1 Å². The summed E-state index contributed by atoms with van der Waals surface area (Å²) < 4.78 is 0.812. The van der Waals surface area contributed by atoms with Crippen molar-refractivity contribution in [2.45, 2.75) is 26.8 Å². The minimum Gasteiger partial charge on any atom is -0.349 e. The first-order chi connectivity index (χ1) is 7.00. The lowest BCUT2D eigenvalue weighted by molar-refractivity contribution is 0.0930. The predicted octanol–water partition coefficient (Wildman–Crippen LogP) is 2.62. The Bertz CT molecular complexity index is 352. The third-order valence-corrected chi connectivity index (χ3v) is 2.76. The van der Waals surface area contributed by atoms with Crippen LogP contribution in [0, 0.1) is 5.92 Å². The number of carbonyl (C=O) groups is 1. The van der Waals surface area contributed by atoms with Crippen molar-refractivity contribution in [2.24, 2.45) is 5.92 Å². The Morgan fingerprint density at radius 1 is 1.40 bits per heavy atom. The van der Waals surface area contributed by atoms with E-state index in [4.69, 9.17) is 0 Å². The van der Waals surface area contributed by atoms with Gasteiger partial charge in [0.1, 0.15) is 0 Å². The zero-order valence-electron chi connectivity index (χ0n) is 9.12. The van der Waals surface area contributed by atoms with E-state index >= 15 is 0 Å². The number of pyridine rings is 1. The number of hydrogen-bond acceptors (Lipinski definition) is 2. The second kappa shape index (κ2) is 5.26. The first kappa shape index (κ1) is 12.2. The second-order valence-electron chi connectivity index (χ2n) is 3.90. The molecule has 4 heteroatoms. The van der Waals surface area contributed by atoms with Crippen LogP contribution >= 0.6 is 15.9 Å². The van der Waals surface area contributed by atoms with Crippen LogP contribution in [0.1, 0.15) is 31.1 Å². The first-order valence-corrected chi connectivity index (χ1v) is 5.71. The zero-order valence-corrected chi connectivity index (χ0v) is 10.7. The average molecular weight is 271 g/mol. The Labute approximate surface area is 98.4 Å². The van der Waals surface area contributed by atoms with Gasteiger partial charge in [0.25, 0.3) is 5.91 Å². The molecule has 15 heavy (non-hydrogen) atoms. The molecule has 1 aromatic heterocycles. The zero-order chi connectivity index (χ0) is 11.4. The second-order valence-corrected chi connectivity index (χ2v) is 4.81. The van der Waals surface area contributed by atoms with Gasteiger partial charge in [-0.05, 0) is 34.8 Å². The molecule has 0 saturated carbocycles. The summed E-state index contributed by atoms with van der Waals surface area (Å²) in [5, 5.41) is 2.92. The van der Waals surface area contributed by atoms with Gasteiger partial charge in [-0.3, -0.25) is 9.78 Å². The standard InChI is InChI=1S/C11H15BrN2O/c1-7(2)8(3)14-11(15)9-4-10(12)6-13-5-9/h4-8H,1-3H3,(H,14,15)/t8-/m1/s1. The van der Waals surface area contributed by atoms with Crippen molar-refractivity contribution in [1.29, 1.82) is 0 Å². The van der Waals surface area contributed by atoms with Gasteiger partial charge >= 0.3 is 0 Å². The highest BCUT2D eigenvalue weighted by Gasteiger charge is 2.12. The molecule has 0 saturated heterocycles. The van der Waals surface area contributed by atoms with E-state index in [1.807, 2.05) is 6.92 Å². The van der Waals surface area contributed by atoms with E-state index in [1.54, 1.807) is 18.5 Å². The van der Waals surface area contributed by atoms with Crippen molar-refractivity contribution in [1.82, 2.24) is 10.3 Å². The summed E-state index contributed by atoms with van der Waals surface area (Å²) in [6, 6.07) is 1.92. The van der Waals surface area contributed by atoms with Gasteiger partial charge < -0.3 is 5.32 Å². The minimum absolute atomic E-state index is 0.0787. The van der Waals surface area contributed by atoms with Gasteiger partial charge in [0.05, 0.1) is 5.56 Å². The van der Waals surface area contributed by atoms with Crippen molar-refractivity contribution in [3.63, 3.8) is 0 Å². The minimum atomic E-state index is -0.0787. The number of halogens is 1. The van der Waals surface area contributed by atoms with E-state index < -0.39 is 0 Å². The molecule has 1 atom stereocenters. The van der Waals surface area contributed by atoms with E-state index in [-0.39, 0.29) is 11.9 Å². The third-order valence-electron chi connectivity index (χ3n) is 2.33. The van der Waals surface area contributed by atoms with Gasteiger partial charge in [-0.1, -0.05) is 13.8 Å². The molecular formula is C11H15BrN2O. The predicted molar refractivity (Wildman–Crippen MR) is 63.7 cm³/mol. The maximum Gasteiger partial charge on any atom is 0.253 e. The van der Waals surface area contributed by atoms with Crippen molar-refractivity contribution in [2.75, 3.05) is 0 Å². The Morgan fingerprint density at radius 3 is 2.60 bits per heavy atom. The monoisotopic (exact) mass is 270 g/mol. The largest absolute Gasteiger partial charge is 0.349 e. The lowest BCUT2D eigenvalue weighted by Crippen LogP contribution is -2.36. The summed E-state index contributed by atoms with van der Waals surface area (Å²) in [7, 11) is 0. The van der Waals surface area contributed by atoms with Gasteiger partial charge in [-0.25, -0.2) is 0 Å². The smallest absolute Gasteiger partial charge is 0.253 e. The number of amides is 1. The molecule has 1 heterocycles. The summed E-state index contributed by atoms with van der Waals surface area (Å²) in [4.78, 5) is 15.7. The van der Waals surface area contributed by atoms with E-state index in [1.165, 1.54) is 0 Å². The van der Waals surface area contributed by atoms with E-state index in [0.29, 0.717) is 11.5 Å². The van der Waals surface area contributed by atoms with Gasteiger partial charge in [0.15, 0.2) is 0 Å². The fourth-order valence-corrected chi connectivity index (χ4v) is 1.36. The Morgan fingerprint density at radius 2 is 2.07 bits per heavy atom. The van der Waals surface area contributed by atoms with Crippen LogP contribution in [0.15, 0.2) is 22.9 Å². The Kier molecular flexibility index (Phi) is 4.27. The number of hydrogen-bond donors (Lipinski definition) is 1. The normalized spacial score (nSPS) is 12.6. The van der Waals surface area contributed by atoms with Gasteiger partial charge in [0.2, 0.25) is 0 Å². The molecule has 0 aliphatic rings. The average Bonchev–Trinajstić information content (AvgIpc) is 2.17. The van der Waals surface area contributed by atoms with E-state index in [9.17, 15) is 4.79 Å². The molecule has 0 radical (unpaired) electrons. The molecule has 0 fully saturated rings.